The summed E-state index contributed by atoms with van der Waals surface area (Å²) < 4.78 is 0. The van der Waals surface area contributed by atoms with Gasteiger partial charge in [-0.1, -0.05) is 38.8 Å². The van der Waals surface area contributed by atoms with E-state index in [1.165, 1.54) is 24.1 Å². The van der Waals surface area contributed by atoms with E-state index >= 15 is 0 Å². The Hall–Kier alpha value is -1.02. The smallest absolute Gasteiger partial charge is 0.0504 e. The Morgan fingerprint density at radius 3 is 2.55 bits per heavy atom. The van der Waals surface area contributed by atoms with Gasteiger partial charge in [-0.3, -0.25) is 0 Å². The molecule has 0 aromatic heterocycles. The summed E-state index contributed by atoms with van der Waals surface area (Å²) in [6.45, 7) is 5.77. The predicted molar refractivity (Wildman–Crippen MR) is 86.2 cm³/mol. The first kappa shape index (κ1) is 15.4. The number of nitrogens with zero attached hydrogens (tertiary/aromatic N) is 1. The second kappa shape index (κ2) is 6.62. The zero-order chi connectivity index (χ0) is 14.6. The Kier molecular flexibility index (Phi) is 5.09. The van der Waals surface area contributed by atoms with E-state index in [4.69, 9.17) is 0 Å². The van der Waals surface area contributed by atoms with Gasteiger partial charge < -0.3 is 10.0 Å². The molecule has 20 heavy (non-hydrogen) atoms. The molecule has 0 spiro atoms. The van der Waals surface area contributed by atoms with Crippen LogP contribution >= 0.6 is 0 Å². The van der Waals surface area contributed by atoms with Gasteiger partial charge in [0.2, 0.25) is 0 Å². The van der Waals surface area contributed by atoms with Crippen LogP contribution in [0.15, 0.2) is 24.3 Å². The highest BCUT2D eigenvalue weighted by Gasteiger charge is 2.35. The van der Waals surface area contributed by atoms with E-state index in [9.17, 15) is 5.11 Å². The first-order valence-corrected chi connectivity index (χ1v) is 7.99. The van der Waals surface area contributed by atoms with Crippen LogP contribution in [0.2, 0.25) is 0 Å². The molecule has 0 heterocycles. The third-order valence-corrected chi connectivity index (χ3v) is 4.88. The second-order valence-electron chi connectivity index (χ2n) is 6.74. The zero-order valence-corrected chi connectivity index (χ0v) is 13.2. The number of anilines is 1. The number of hydrogen-bond acceptors (Lipinski definition) is 2. The Morgan fingerprint density at radius 1 is 1.30 bits per heavy atom. The summed E-state index contributed by atoms with van der Waals surface area (Å²) in [4.78, 5) is 2.31. The fourth-order valence-corrected chi connectivity index (χ4v) is 3.69. The van der Waals surface area contributed by atoms with Crippen molar-refractivity contribution in [2.75, 3.05) is 25.1 Å². The normalized spacial score (nSPS) is 26.5. The minimum absolute atomic E-state index is 0.0931. The highest BCUT2D eigenvalue weighted by Crippen LogP contribution is 2.40. The van der Waals surface area contributed by atoms with Crippen molar-refractivity contribution in [2.45, 2.75) is 46.0 Å². The number of hydrogen-bond donors (Lipinski definition) is 1. The summed E-state index contributed by atoms with van der Waals surface area (Å²) in [7, 11) is 2.15. The van der Waals surface area contributed by atoms with Gasteiger partial charge in [-0.15, -0.1) is 0 Å². The van der Waals surface area contributed by atoms with Crippen LogP contribution in [0.1, 0.15) is 45.1 Å². The number of rotatable bonds is 5. The van der Waals surface area contributed by atoms with Crippen molar-refractivity contribution in [3.05, 3.63) is 29.8 Å². The summed E-state index contributed by atoms with van der Waals surface area (Å²) in [6.07, 6.45) is 5.97. The van der Waals surface area contributed by atoms with Crippen molar-refractivity contribution < 1.29 is 5.11 Å². The van der Waals surface area contributed by atoms with Crippen LogP contribution in [0.25, 0.3) is 0 Å². The lowest BCUT2D eigenvalue weighted by Gasteiger charge is -2.41. The first-order chi connectivity index (χ1) is 9.58. The molecule has 2 rings (SSSR count). The molecule has 1 aromatic rings. The van der Waals surface area contributed by atoms with Crippen LogP contribution in [0, 0.1) is 11.3 Å². The Balaban J connectivity index is 2.05. The van der Waals surface area contributed by atoms with Crippen LogP contribution < -0.4 is 4.90 Å². The van der Waals surface area contributed by atoms with Gasteiger partial charge >= 0.3 is 0 Å². The first-order valence-electron chi connectivity index (χ1n) is 7.99. The molecule has 1 aliphatic rings. The standard InChI is InChI=1S/C18H29NO/c1-4-16-7-9-17(10-8-16)19(3)13-18(14-20)11-5-6-15(2)12-18/h7-10,15,20H,4-6,11-14H2,1-3H3. The highest BCUT2D eigenvalue weighted by atomic mass is 16.3. The van der Waals surface area contributed by atoms with Gasteiger partial charge in [0, 0.05) is 24.7 Å². The molecule has 2 atom stereocenters. The zero-order valence-electron chi connectivity index (χ0n) is 13.2. The van der Waals surface area contributed by atoms with E-state index in [0.29, 0.717) is 6.61 Å². The summed E-state index contributed by atoms with van der Waals surface area (Å²) >= 11 is 0. The average Bonchev–Trinajstić information content (AvgIpc) is 2.47. The van der Waals surface area contributed by atoms with E-state index < -0.39 is 0 Å². The molecule has 0 amide bonds. The topological polar surface area (TPSA) is 23.5 Å². The van der Waals surface area contributed by atoms with Crippen molar-refractivity contribution in [3.8, 4) is 0 Å². The molecule has 1 saturated carbocycles. The van der Waals surface area contributed by atoms with Gasteiger partial charge in [-0.05, 0) is 42.9 Å². The monoisotopic (exact) mass is 275 g/mol. The number of aryl methyl sites for hydroxylation is 1. The quantitative estimate of drug-likeness (QED) is 0.881. The number of aliphatic hydroxyl groups excluding tert-OH is 1. The van der Waals surface area contributed by atoms with Crippen LogP contribution in [0.4, 0.5) is 5.69 Å². The maximum absolute atomic E-state index is 9.91. The Bertz CT molecular complexity index is 414. The molecule has 2 unspecified atom stereocenters. The third-order valence-electron chi connectivity index (χ3n) is 4.88. The summed E-state index contributed by atoms with van der Waals surface area (Å²) in [5.74, 6) is 0.742. The minimum Gasteiger partial charge on any atom is -0.396 e. The molecule has 2 heteroatoms. The van der Waals surface area contributed by atoms with Crippen LogP contribution in [0.5, 0.6) is 0 Å². The number of aliphatic hydroxyl groups is 1. The molecule has 1 aromatic carbocycles. The van der Waals surface area contributed by atoms with Gasteiger partial charge in [-0.2, -0.15) is 0 Å². The van der Waals surface area contributed by atoms with E-state index in [1.807, 2.05) is 0 Å². The fraction of sp³-hybridized carbons (Fsp3) is 0.667. The van der Waals surface area contributed by atoms with Crippen LogP contribution in [0.3, 0.4) is 0 Å². The third kappa shape index (κ3) is 3.54. The molecule has 0 bridgehead atoms. The molecular formula is C18H29NO. The summed E-state index contributed by atoms with van der Waals surface area (Å²) in [6, 6.07) is 8.83. The maximum Gasteiger partial charge on any atom is 0.0504 e. The van der Waals surface area contributed by atoms with Crippen molar-refractivity contribution >= 4 is 5.69 Å². The second-order valence-corrected chi connectivity index (χ2v) is 6.74. The van der Waals surface area contributed by atoms with Crippen LogP contribution in [-0.4, -0.2) is 25.3 Å². The lowest BCUT2D eigenvalue weighted by atomic mass is 9.70. The van der Waals surface area contributed by atoms with E-state index in [-0.39, 0.29) is 5.41 Å². The minimum atomic E-state index is 0.0931. The largest absolute Gasteiger partial charge is 0.396 e. The van der Waals surface area contributed by atoms with Crippen molar-refractivity contribution in [3.63, 3.8) is 0 Å². The van der Waals surface area contributed by atoms with Crippen molar-refractivity contribution in [2.24, 2.45) is 11.3 Å². The predicted octanol–water partition coefficient (Wildman–Crippen LogP) is 3.87. The van der Waals surface area contributed by atoms with E-state index in [1.54, 1.807) is 0 Å². The number of benzene rings is 1. The molecular weight excluding hydrogens is 246 g/mol. The van der Waals surface area contributed by atoms with Gasteiger partial charge in [0.05, 0.1) is 6.61 Å². The summed E-state index contributed by atoms with van der Waals surface area (Å²) in [5, 5.41) is 9.91. The molecule has 1 N–H and O–H groups in total. The van der Waals surface area contributed by atoms with E-state index in [2.05, 4.69) is 50.1 Å². The Labute approximate surface area is 123 Å². The Morgan fingerprint density at radius 2 is 2.00 bits per heavy atom. The molecule has 0 aliphatic heterocycles. The molecule has 1 aliphatic carbocycles. The summed E-state index contributed by atoms with van der Waals surface area (Å²) in [5.41, 5.74) is 2.73. The highest BCUT2D eigenvalue weighted by molar-refractivity contribution is 5.47. The van der Waals surface area contributed by atoms with Crippen LogP contribution in [-0.2, 0) is 6.42 Å². The molecule has 2 nitrogen and oxygen atoms in total. The fourth-order valence-electron chi connectivity index (χ4n) is 3.69. The maximum atomic E-state index is 9.91. The molecule has 112 valence electrons. The molecule has 0 radical (unpaired) electrons. The van der Waals surface area contributed by atoms with E-state index in [0.717, 1.165) is 31.7 Å². The lowest BCUT2D eigenvalue weighted by Crippen LogP contribution is -2.41. The van der Waals surface area contributed by atoms with Gasteiger partial charge in [0.1, 0.15) is 0 Å². The van der Waals surface area contributed by atoms with Crippen molar-refractivity contribution in [1.29, 1.82) is 0 Å². The van der Waals surface area contributed by atoms with Gasteiger partial charge in [0.25, 0.3) is 0 Å². The van der Waals surface area contributed by atoms with Gasteiger partial charge in [0.15, 0.2) is 0 Å². The van der Waals surface area contributed by atoms with Crippen molar-refractivity contribution in [1.82, 2.24) is 0 Å². The lowest BCUT2D eigenvalue weighted by molar-refractivity contribution is 0.0676. The molecule has 0 saturated heterocycles. The van der Waals surface area contributed by atoms with Gasteiger partial charge in [-0.25, -0.2) is 0 Å². The molecule has 1 fully saturated rings. The average molecular weight is 275 g/mol. The SMILES string of the molecule is CCc1ccc(N(C)CC2(CO)CCCC(C)C2)cc1.